The molecule has 1 saturated carbocycles. The number of rotatable bonds is 6. The van der Waals surface area contributed by atoms with Crippen LogP contribution in [0.15, 0.2) is 42.6 Å². The lowest BCUT2D eigenvalue weighted by Gasteiger charge is -2.34. The molecule has 1 amide bonds. The Hall–Kier alpha value is -2.56. The van der Waals surface area contributed by atoms with Gasteiger partial charge in [-0.15, -0.1) is 0 Å². The molecule has 5 nitrogen and oxygen atoms in total. The van der Waals surface area contributed by atoms with Crippen LogP contribution in [0, 0.1) is 0 Å². The molecule has 0 radical (unpaired) electrons. The number of amides is 1. The van der Waals surface area contributed by atoms with E-state index in [9.17, 15) is 15.0 Å². The zero-order valence-electron chi connectivity index (χ0n) is 15.8. The van der Waals surface area contributed by atoms with Gasteiger partial charge in [-0.2, -0.15) is 0 Å². The van der Waals surface area contributed by atoms with Crippen molar-refractivity contribution in [3.8, 4) is 11.5 Å². The predicted octanol–water partition coefficient (Wildman–Crippen LogP) is 4.74. The minimum atomic E-state index is -0.124. The number of pyridine rings is 1. The van der Waals surface area contributed by atoms with E-state index in [0.717, 1.165) is 37.1 Å². The van der Waals surface area contributed by atoms with Crippen LogP contribution >= 0.6 is 0 Å². The third kappa shape index (κ3) is 4.79. The molecular formula is C22H28N2O3. The second kappa shape index (κ2) is 8.89. The minimum absolute atomic E-state index is 0.107. The van der Waals surface area contributed by atoms with Gasteiger partial charge in [0, 0.05) is 18.7 Å². The zero-order chi connectivity index (χ0) is 19.2. The summed E-state index contributed by atoms with van der Waals surface area (Å²) in [7, 11) is 0. The van der Waals surface area contributed by atoms with Crippen LogP contribution in [0.25, 0.3) is 0 Å². The molecule has 144 valence electrons. The smallest absolute Gasteiger partial charge is 0.228 e. The van der Waals surface area contributed by atoms with Gasteiger partial charge in [0.05, 0.1) is 0 Å². The predicted molar refractivity (Wildman–Crippen MR) is 106 cm³/mol. The van der Waals surface area contributed by atoms with E-state index in [1.54, 1.807) is 18.3 Å². The van der Waals surface area contributed by atoms with Gasteiger partial charge in [0.25, 0.3) is 0 Å². The number of nitrogens with zero attached hydrogens (tertiary/aromatic N) is 2. The minimum Gasteiger partial charge on any atom is -0.504 e. The molecule has 3 rings (SSSR count). The first-order valence-electron chi connectivity index (χ1n) is 9.81. The fourth-order valence-corrected chi connectivity index (χ4v) is 3.83. The summed E-state index contributed by atoms with van der Waals surface area (Å²) >= 11 is 0. The number of hydrogen-bond donors (Lipinski definition) is 2. The molecule has 1 fully saturated rings. The number of phenols is 2. The summed E-state index contributed by atoms with van der Waals surface area (Å²) in [6.45, 7) is 2.03. The van der Waals surface area contributed by atoms with Crippen LogP contribution in [-0.2, 0) is 4.79 Å². The molecule has 0 bridgehead atoms. The number of hydrogen-bond acceptors (Lipinski definition) is 4. The van der Waals surface area contributed by atoms with Crippen molar-refractivity contribution in [3.63, 3.8) is 0 Å². The fraction of sp³-hybridized carbons (Fsp3) is 0.455. The molecule has 2 aromatic rings. The van der Waals surface area contributed by atoms with E-state index in [2.05, 4.69) is 4.98 Å². The van der Waals surface area contributed by atoms with E-state index in [0.29, 0.717) is 12.8 Å². The van der Waals surface area contributed by atoms with E-state index in [1.165, 1.54) is 12.5 Å². The summed E-state index contributed by atoms with van der Waals surface area (Å²) < 4.78 is 0. The highest BCUT2D eigenvalue weighted by Gasteiger charge is 2.27. The van der Waals surface area contributed by atoms with Gasteiger partial charge in [-0.05, 0) is 55.0 Å². The Kier molecular flexibility index (Phi) is 6.32. The first-order chi connectivity index (χ1) is 13.1. The van der Waals surface area contributed by atoms with Crippen molar-refractivity contribution in [2.75, 3.05) is 4.90 Å². The summed E-state index contributed by atoms with van der Waals surface area (Å²) in [4.78, 5) is 19.4. The number of carbonyl (C=O) groups is 1. The quantitative estimate of drug-likeness (QED) is 0.722. The third-order valence-corrected chi connectivity index (χ3v) is 5.46. The zero-order valence-corrected chi connectivity index (χ0v) is 15.8. The fourth-order valence-electron chi connectivity index (χ4n) is 3.83. The van der Waals surface area contributed by atoms with E-state index in [-0.39, 0.29) is 29.4 Å². The maximum Gasteiger partial charge on any atom is 0.228 e. The lowest BCUT2D eigenvalue weighted by molar-refractivity contribution is -0.119. The highest BCUT2D eigenvalue weighted by molar-refractivity contribution is 5.93. The van der Waals surface area contributed by atoms with Crippen molar-refractivity contribution in [1.82, 2.24) is 4.98 Å². The van der Waals surface area contributed by atoms with Crippen LogP contribution in [0.1, 0.15) is 63.4 Å². The summed E-state index contributed by atoms with van der Waals surface area (Å²) in [5.74, 6) is 0.709. The highest BCUT2D eigenvalue weighted by Crippen LogP contribution is 2.31. The average molecular weight is 368 g/mol. The molecule has 0 spiro atoms. The van der Waals surface area contributed by atoms with Gasteiger partial charge in [0.15, 0.2) is 11.5 Å². The molecule has 2 N–H and O–H groups in total. The van der Waals surface area contributed by atoms with Crippen LogP contribution in [0.5, 0.6) is 11.5 Å². The monoisotopic (exact) mass is 368 g/mol. The third-order valence-electron chi connectivity index (χ3n) is 5.46. The van der Waals surface area contributed by atoms with Gasteiger partial charge in [-0.25, -0.2) is 4.98 Å². The number of carbonyl (C=O) groups excluding carboxylic acids is 1. The average Bonchev–Trinajstić information content (AvgIpc) is 2.70. The summed E-state index contributed by atoms with van der Waals surface area (Å²) in [6.07, 6.45) is 8.46. The Morgan fingerprint density at radius 2 is 1.93 bits per heavy atom. The van der Waals surface area contributed by atoms with Crippen LogP contribution in [0.2, 0.25) is 0 Å². The van der Waals surface area contributed by atoms with Gasteiger partial charge in [0.2, 0.25) is 5.91 Å². The van der Waals surface area contributed by atoms with Crippen LogP contribution in [0.4, 0.5) is 5.82 Å². The maximum absolute atomic E-state index is 13.1. The molecular weight excluding hydrogens is 340 g/mol. The van der Waals surface area contributed by atoms with E-state index in [4.69, 9.17) is 0 Å². The van der Waals surface area contributed by atoms with E-state index >= 15 is 0 Å². The number of phenolic OH excluding ortho intramolecular Hbond substituents is 2. The first kappa shape index (κ1) is 19.2. The van der Waals surface area contributed by atoms with E-state index < -0.39 is 0 Å². The van der Waals surface area contributed by atoms with Crippen molar-refractivity contribution < 1.29 is 15.0 Å². The van der Waals surface area contributed by atoms with Crippen LogP contribution in [0.3, 0.4) is 0 Å². The normalized spacial score (nSPS) is 16.0. The van der Waals surface area contributed by atoms with Crippen molar-refractivity contribution in [3.05, 3.63) is 48.2 Å². The lowest BCUT2D eigenvalue weighted by Crippen LogP contribution is -2.42. The topological polar surface area (TPSA) is 73.7 Å². The lowest BCUT2D eigenvalue weighted by atomic mass is 9.92. The Morgan fingerprint density at radius 1 is 1.15 bits per heavy atom. The van der Waals surface area contributed by atoms with Crippen molar-refractivity contribution in [1.29, 1.82) is 0 Å². The molecule has 27 heavy (non-hydrogen) atoms. The standard InChI is InChI=1S/C22H28N2O3/c1-16(17-11-12-19(25)20(26)15-17)10-13-22(27)24(18-7-3-2-4-8-18)21-9-5-6-14-23-21/h5-6,9,11-12,14-16,18,25-26H,2-4,7-8,10,13H2,1H3. The Labute approximate surface area is 160 Å². The molecule has 1 unspecified atom stereocenters. The number of aromatic nitrogens is 1. The van der Waals surface area contributed by atoms with Gasteiger partial charge < -0.3 is 10.2 Å². The van der Waals surface area contributed by atoms with Crippen molar-refractivity contribution >= 4 is 11.7 Å². The van der Waals surface area contributed by atoms with Gasteiger partial charge in [0.1, 0.15) is 5.82 Å². The number of anilines is 1. The maximum atomic E-state index is 13.1. The molecule has 5 heteroatoms. The highest BCUT2D eigenvalue weighted by atomic mass is 16.3. The molecule has 1 aliphatic rings. The molecule has 1 atom stereocenters. The summed E-state index contributed by atoms with van der Waals surface area (Å²) in [5.41, 5.74) is 0.917. The first-order valence-corrected chi connectivity index (χ1v) is 9.81. The van der Waals surface area contributed by atoms with Crippen LogP contribution in [-0.4, -0.2) is 27.1 Å². The Bertz CT molecular complexity index is 757. The molecule has 1 heterocycles. The SMILES string of the molecule is CC(CCC(=O)N(c1ccccn1)C1CCCCC1)c1ccc(O)c(O)c1. The summed E-state index contributed by atoms with van der Waals surface area (Å²) in [6, 6.07) is 10.8. The largest absolute Gasteiger partial charge is 0.504 e. The van der Waals surface area contributed by atoms with Crippen molar-refractivity contribution in [2.45, 2.75) is 63.8 Å². The Morgan fingerprint density at radius 3 is 2.59 bits per heavy atom. The van der Waals surface area contributed by atoms with Crippen LogP contribution < -0.4 is 4.90 Å². The van der Waals surface area contributed by atoms with Gasteiger partial charge >= 0.3 is 0 Å². The van der Waals surface area contributed by atoms with Gasteiger partial charge in [-0.1, -0.05) is 38.3 Å². The van der Waals surface area contributed by atoms with Gasteiger partial charge in [-0.3, -0.25) is 9.69 Å². The second-order valence-corrected chi connectivity index (χ2v) is 7.43. The number of benzene rings is 1. The molecule has 1 aromatic heterocycles. The number of aromatic hydroxyl groups is 2. The van der Waals surface area contributed by atoms with Crippen molar-refractivity contribution in [2.24, 2.45) is 0 Å². The molecule has 1 aromatic carbocycles. The molecule has 1 aliphatic carbocycles. The molecule has 0 saturated heterocycles. The molecule has 0 aliphatic heterocycles. The second-order valence-electron chi connectivity index (χ2n) is 7.43. The summed E-state index contributed by atoms with van der Waals surface area (Å²) in [5, 5.41) is 19.2. The Balaban J connectivity index is 1.69. The van der Waals surface area contributed by atoms with E-state index in [1.807, 2.05) is 30.0 Å².